The molecule has 4 nitrogen and oxygen atoms in total. The third-order valence-corrected chi connectivity index (χ3v) is 3.34. The monoisotopic (exact) mass is 275 g/mol. The van der Waals surface area contributed by atoms with Gasteiger partial charge < -0.3 is 10.4 Å². The van der Waals surface area contributed by atoms with Crippen LogP contribution in [-0.4, -0.2) is 23.5 Å². The Morgan fingerprint density at radius 2 is 2.05 bits per heavy atom. The molecule has 19 heavy (non-hydrogen) atoms. The molecule has 2 aromatic rings. The first kappa shape index (κ1) is 13.3. The van der Waals surface area contributed by atoms with Gasteiger partial charge in [-0.05, 0) is 35.6 Å². The summed E-state index contributed by atoms with van der Waals surface area (Å²) in [7, 11) is 0. The molecule has 0 atom stereocenters. The summed E-state index contributed by atoms with van der Waals surface area (Å²) in [6, 6.07) is 8.50. The minimum absolute atomic E-state index is 0.101. The maximum Gasteiger partial charge on any atom is 0.335 e. The van der Waals surface area contributed by atoms with Crippen molar-refractivity contribution < 1.29 is 14.7 Å². The van der Waals surface area contributed by atoms with Crippen LogP contribution in [0.1, 0.15) is 26.3 Å². The topological polar surface area (TPSA) is 66.4 Å². The van der Waals surface area contributed by atoms with Gasteiger partial charge in [0.05, 0.1) is 5.56 Å². The molecule has 0 saturated heterocycles. The lowest BCUT2D eigenvalue weighted by atomic mass is 10.1. The number of benzene rings is 1. The fourth-order valence-electron chi connectivity index (χ4n) is 1.68. The lowest BCUT2D eigenvalue weighted by molar-refractivity contribution is 0.0696. The Labute approximate surface area is 114 Å². The number of hydrogen-bond acceptors (Lipinski definition) is 3. The van der Waals surface area contributed by atoms with Gasteiger partial charge in [-0.3, -0.25) is 4.79 Å². The lowest BCUT2D eigenvalue weighted by Crippen LogP contribution is -2.25. The normalized spacial score (nSPS) is 10.1. The maximum atomic E-state index is 11.7. The van der Waals surface area contributed by atoms with Crippen molar-refractivity contribution in [3.63, 3.8) is 0 Å². The van der Waals surface area contributed by atoms with Crippen molar-refractivity contribution in [3.8, 4) is 0 Å². The van der Waals surface area contributed by atoms with Gasteiger partial charge in [0.15, 0.2) is 0 Å². The quantitative estimate of drug-likeness (QED) is 0.880. The van der Waals surface area contributed by atoms with Crippen molar-refractivity contribution in [2.24, 2.45) is 0 Å². The SMILES string of the molecule is O=C(O)c1cccc(CCNC(=O)c2ccsc2)c1. The van der Waals surface area contributed by atoms with Crippen LogP contribution in [0.2, 0.25) is 0 Å². The van der Waals surface area contributed by atoms with E-state index in [4.69, 9.17) is 5.11 Å². The average Bonchev–Trinajstić information content (AvgIpc) is 2.93. The van der Waals surface area contributed by atoms with E-state index in [0.29, 0.717) is 18.5 Å². The van der Waals surface area contributed by atoms with Crippen molar-refractivity contribution in [2.75, 3.05) is 6.54 Å². The summed E-state index contributed by atoms with van der Waals surface area (Å²) in [4.78, 5) is 22.5. The molecular formula is C14H13NO3S. The van der Waals surface area contributed by atoms with Crippen molar-refractivity contribution >= 4 is 23.2 Å². The van der Waals surface area contributed by atoms with Gasteiger partial charge >= 0.3 is 5.97 Å². The minimum Gasteiger partial charge on any atom is -0.478 e. The molecule has 2 rings (SSSR count). The van der Waals surface area contributed by atoms with E-state index in [9.17, 15) is 9.59 Å². The number of rotatable bonds is 5. The van der Waals surface area contributed by atoms with Gasteiger partial charge in [0.2, 0.25) is 0 Å². The van der Waals surface area contributed by atoms with E-state index < -0.39 is 5.97 Å². The molecule has 5 heteroatoms. The summed E-state index contributed by atoms with van der Waals surface area (Å²) in [5.41, 5.74) is 1.82. The summed E-state index contributed by atoms with van der Waals surface area (Å²) < 4.78 is 0. The molecule has 2 N–H and O–H groups in total. The fraction of sp³-hybridized carbons (Fsp3) is 0.143. The number of aromatic carboxylic acids is 1. The fourth-order valence-corrected chi connectivity index (χ4v) is 2.31. The third-order valence-electron chi connectivity index (χ3n) is 2.66. The number of hydrogen-bond donors (Lipinski definition) is 2. The number of thiophene rings is 1. The number of carboxylic acids is 1. The summed E-state index contributed by atoms with van der Waals surface area (Å²) >= 11 is 1.48. The highest BCUT2D eigenvalue weighted by Crippen LogP contribution is 2.07. The molecule has 0 saturated carbocycles. The van der Waals surface area contributed by atoms with Crippen molar-refractivity contribution in [2.45, 2.75) is 6.42 Å². The zero-order chi connectivity index (χ0) is 13.7. The highest BCUT2D eigenvalue weighted by molar-refractivity contribution is 7.08. The second-order valence-corrected chi connectivity index (χ2v) is 4.80. The van der Waals surface area contributed by atoms with Crippen LogP contribution in [0.4, 0.5) is 0 Å². The van der Waals surface area contributed by atoms with E-state index in [0.717, 1.165) is 5.56 Å². The first-order valence-electron chi connectivity index (χ1n) is 5.79. The van der Waals surface area contributed by atoms with Crippen LogP contribution in [-0.2, 0) is 6.42 Å². The molecule has 0 spiro atoms. The first-order valence-corrected chi connectivity index (χ1v) is 6.74. The Morgan fingerprint density at radius 3 is 2.74 bits per heavy atom. The molecule has 0 aliphatic rings. The number of carbonyl (C=O) groups is 2. The van der Waals surface area contributed by atoms with Gasteiger partial charge in [-0.1, -0.05) is 12.1 Å². The highest BCUT2D eigenvalue weighted by atomic mass is 32.1. The zero-order valence-electron chi connectivity index (χ0n) is 10.1. The largest absolute Gasteiger partial charge is 0.478 e. The molecule has 98 valence electrons. The number of amides is 1. The summed E-state index contributed by atoms with van der Waals surface area (Å²) in [6.45, 7) is 0.484. The Kier molecular flexibility index (Phi) is 4.30. The van der Waals surface area contributed by atoms with E-state index in [1.54, 1.807) is 29.6 Å². The molecule has 1 aromatic heterocycles. The van der Waals surface area contributed by atoms with Crippen molar-refractivity contribution in [3.05, 3.63) is 57.8 Å². The molecule has 0 bridgehead atoms. The Balaban J connectivity index is 1.87. The van der Waals surface area contributed by atoms with E-state index in [-0.39, 0.29) is 11.5 Å². The lowest BCUT2D eigenvalue weighted by Gasteiger charge is -2.05. The summed E-state index contributed by atoms with van der Waals surface area (Å²) in [6.07, 6.45) is 0.608. The zero-order valence-corrected chi connectivity index (χ0v) is 10.9. The van der Waals surface area contributed by atoms with E-state index in [1.165, 1.54) is 11.3 Å². The predicted molar refractivity (Wildman–Crippen MR) is 73.8 cm³/mol. The molecular weight excluding hydrogens is 262 g/mol. The molecule has 0 radical (unpaired) electrons. The van der Waals surface area contributed by atoms with Crippen LogP contribution >= 0.6 is 11.3 Å². The molecule has 1 amide bonds. The number of carbonyl (C=O) groups excluding carboxylic acids is 1. The van der Waals surface area contributed by atoms with E-state index >= 15 is 0 Å². The summed E-state index contributed by atoms with van der Waals surface area (Å²) in [5, 5.41) is 15.3. The van der Waals surface area contributed by atoms with Crippen molar-refractivity contribution in [1.29, 1.82) is 0 Å². The van der Waals surface area contributed by atoms with Gasteiger partial charge in [0.25, 0.3) is 5.91 Å². The van der Waals surface area contributed by atoms with Crippen LogP contribution < -0.4 is 5.32 Å². The molecule has 1 heterocycles. The second-order valence-electron chi connectivity index (χ2n) is 4.02. The molecule has 0 aliphatic carbocycles. The van der Waals surface area contributed by atoms with Gasteiger partial charge in [0, 0.05) is 17.5 Å². The molecule has 0 aliphatic heterocycles. The Bertz CT molecular complexity index is 578. The summed E-state index contributed by atoms with van der Waals surface area (Å²) in [5.74, 6) is -1.04. The Morgan fingerprint density at radius 1 is 1.21 bits per heavy atom. The van der Waals surface area contributed by atoms with E-state index in [2.05, 4.69) is 5.32 Å². The second kappa shape index (κ2) is 6.15. The van der Waals surface area contributed by atoms with Gasteiger partial charge in [-0.15, -0.1) is 0 Å². The first-order chi connectivity index (χ1) is 9.16. The predicted octanol–water partition coefficient (Wildman–Crippen LogP) is 2.42. The van der Waals surface area contributed by atoms with Gasteiger partial charge in [0.1, 0.15) is 0 Å². The standard InChI is InChI=1S/C14H13NO3S/c16-13(12-5-7-19-9-12)15-6-4-10-2-1-3-11(8-10)14(17)18/h1-3,5,7-9H,4,6H2,(H,15,16)(H,17,18). The van der Waals surface area contributed by atoms with E-state index in [1.807, 2.05) is 11.4 Å². The Hall–Kier alpha value is -2.14. The van der Waals surface area contributed by atoms with Gasteiger partial charge in [-0.2, -0.15) is 11.3 Å². The highest BCUT2D eigenvalue weighted by Gasteiger charge is 2.06. The van der Waals surface area contributed by atoms with Crippen LogP contribution in [0.25, 0.3) is 0 Å². The molecule has 0 fully saturated rings. The maximum absolute atomic E-state index is 11.7. The molecule has 1 aromatic carbocycles. The van der Waals surface area contributed by atoms with Crippen molar-refractivity contribution in [1.82, 2.24) is 5.32 Å². The number of carboxylic acid groups (broad SMARTS) is 1. The minimum atomic E-state index is -0.941. The van der Waals surface area contributed by atoms with Crippen LogP contribution in [0.15, 0.2) is 41.1 Å². The average molecular weight is 275 g/mol. The number of nitrogens with one attached hydrogen (secondary N) is 1. The van der Waals surface area contributed by atoms with Crippen LogP contribution in [0, 0.1) is 0 Å². The smallest absolute Gasteiger partial charge is 0.335 e. The van der Waals surface area contributed by atoms with Crippen LogP contribution in [0.5, 0.6) is 0 Å². The molecule has 0 unspecified atom stereocenters. The van der Waals surface area contributed by atoms with Crippen LogP contribution in [0.3, 0.4) is 0 Å². The third kappa shape index (κ3) is 3.66. The van der Waals surface area contributed by atoms with Gasteiger partial charge in [-0.25, -0.2) is 4.79 Å².